The summed E-state index contributed by atoms with van der Waals surface area (Å²) in [5, 5.41) is 2.97. The van der Waals surface area contributed by atoms with Gasteiger partial charge in [0.2, 0.25) is 5.91 Å². The molecule has 1 unspecified atom stereocenters. The molecule has 1 N–H and O–H groups in total. The van der Waals surface area contributed by atoms with Crippen LogP contribution in [0.3, 0.4) is 0 Å². The average Bonchev–Trinajstić information content (AvgIpc) is 3.42. The van der Waals surface area contributed by atoms with Crippen molar-refractivity contribution in [1.82, 2.24) is 0 Å². The lowest BCUT2D eigenvalue weighted by Gasteiger charge is -2.17. The minimum atomic E-state index is -0.351. The van der Waals surface area contributed by atoms with Crippen molar-refractivity contribution in [2.24, 2.45) is 5.92 Å². The Kier molecular flexibility index (Phi) is 4.94. The maximum absolute atomic E-state index is 12.7. The highest BCUT2D eigenvalue weighted by molar-refractivity contribution is 5.97. The second-order valence-corrected chi connectivity index (χ2v) is 6.01. The zero-order valence-corrected chi connectivity index (χ0v) is 13.7. The van der Waals surface area contributed by atoms with Gasteiger partial charge in [0.05, 0.1) is 18.1 Å². The van der Waals surface area contributed by atoms with Crippen LogP contribution in [0.15, 0.2) is 54.6 Å². The fourth-order valence-corrected chi connectivity index (χ4v) is 2.85. The molecule has 3 rings (SSSR count). The van der Waals surface area contributed by atoms with Crippen LogP contribution in [0.2, 0.25) is 0 Å². The van der Waals surface area contributed by atoms with E-state index in [-0.39, 0.29) is 17.8 Å². The van der Waals surface area contributed by atoms with Gasteiger partial charge < -0.3 is 10.1 Å². The summed E-state index contributed by atoms with van der Waals surface area (Å²) in [6, 6.07) is 16.7. The third-order valence-electron chi connectivity index (χ3n) is 4.20. The van der Waals surface area contributed by atoms with E-state index < -0.39 is 0 Å². The number of hydrogen-bond acceptors (Lipinski definition) is 3. The first-order valence-corrected chi connectivity index (χ1v) is 8.32. The molecule has 0 bridgehead atoms. The quantitative estimate of drug-likeness (QED) is 0.818. The van der Waals surface area contributed by atoms with Crippen LogP contribution < -0.4 is 5.32 Å². The summed E-state index contributed by atoms with van der Waals surface area (Å²) in [5.41, 5.74) is 2.23. The summed E-state index contributed by atoms with van der Waals surface area (Å²) in [5.74, 6) is -0.0368. The van der Waals surface area contributed by atoms with Crippen molar-refractivity contribution in [3.8, 4) is 0 Å². The van der Waals surface area contributed by atoms with Gasteiger partial charge in [0.15, 0.2) is 0 Å². The third-order valence-corrected chi connectivity index (χ3v) is 4.20. The molecular weight excluding hydrogens is 302 g/mol. The number of anilines is 1. The van der Waals surface area contributed by atoms with Crippen LogP contribution in [-0.2, 0) is 9.53 Å². The predicted octanol–water partition coefficient (Wildman–Crippen LogP) is 4.00. The van der Waals surface area contributed by atoms with Crippen LogP contribution in [0, 0.1) is 5.92 Å². The van der Waals surface area contributed by atoms with Gasteiger partial charge in [-0.3, -0.25) is 4.79 Å². The molecule has 1 atom stereocenters. The molecule has 4 nitrogen and oxygen atoms in total. The van der Waals surface area contributed by atoms with E-state index in [0.29, 0.717) is 23.8 Å². The smallest absolute Gasteiger partial charge is 0.338 e. The molecular formula is C20H21NO3. The number of esters is 1. The Balaban J connectivity index is 1.70. The molecule has 1 aliphatic carbocycles. The van der Waals surface area contributed by atoms with Gasteiger partial charge in [-0.05, 0) is 55.5 Å². The minimum Gasteiger partial charge on any atom is -0.462 e. The van der Waals surface area contributed by atoms with Gasteiger partial charge in [-0.2, -0.15) is 0 Å². The van der Waals surface area contributed by atoms with Crippen LogP contribution in [0.5, 0.6) is 0 Å². The normalized spacial score (nSPS) is 14.7. The van der Waals surface area contributed by atoms with Crippen LogP contribution in [0.1, 0.15) is 41.6 Å². The largest absolute Gasteiger partial charge is 0.462 e. The highest BCUT2D eigenvalue weighted by Crippen LogP contribution is 2.43. The molecule has 1 saturated carbocycles. The van der Waals surface area contributed by atoms with Crippen molar-refractivity contribution in [2.75, 3.05) is 11.9 Å². The third kappa shape index (κ3) is 3.82. The molecule has 2 aromatic carbocycles. The zero-order valence-electron chi connectivity index (χ0n) is 13.7. The van der Waals surface area contributed by atoms with Gasteiger partial charge in [-0.1, -0.05) is 30.3 Å². The molecule has 0 saturated heterocycles. The van der Waals surface area contributed by atoms with E-state index in [2.05, 4.69) is 5.32 Å². The first-order chi connectivity index (χ1) is 11.7. The van der Waals surface area contributed by atoms with Gasteiger partial charge in [-0.25, -0.2) is 4.79 Å². The first-order valence-electron chi connectivity index (χ1n) is 8.32. The summed E-state index contributed by atoms with van der Waals surface area (Å²) in [6.45, 7) is 2.12. The monoisotopic (exact) mass is 323 g/mol. The highest BCUT2D eigenvalue weighted by atomic mass is 16.5. The maximum Gasteiger partial charge on any atom is 0.338 e. The van der Waals surface area contributed by atoms with Crippen molar-refractivity contribution < 1.29 is 14.3 Å². The minimum absolute atomic E-state index is 0.00702. The molecule has 24 heavy (non-hydrogen) atoms. The fourth-order valence-electron chi connectivity index (χ4n) is 2.85. The fraction of sp³-hybridized carbons (Fsp3) is 0.300. The lowest BCUT2D eigenvalue weighted by atomic mass is 9.93. The number of rotatable bonds is 6. The number of amides is 1. The molecule has 1 aliphatic rings. The van der Waals surface area contributed by atoms with Crippen LogP contribution in [0.25, 0.3) is 0 Å². The summed E-state index contributed by atoms with van der Waals surface area (Å²) < 4.78 is 4.96. The van der Waals surface area contributed by atoms with Gasteiger partial charge >= 0.3 is 5.97 Å². The first kappa shape index (κ1) is 16.2. The van der Waals surface area contributed by atoms with Crippen molar-refractivity contribution >= 4 is 17.6 Å². The summed E-state index contributed by atoms with van der Waals surface area (Å²) in [6.07, 6.45) is 2.18. The van der Waals surface area contributed by atoms with Crippen molar-refractivity contribution in [3.05, 3.63) is 65.7 Å². The Morgan fingerprint density at radius 2 is 1.75 bits per heavy atom. The molecule has 0 heterocycles. The standard InChI is InChI=1S/C20H21NO3/c1-2-24-20(23)16-10-12-17(13-11-16)21-19(22)18(15-8-9-15)14-6-4-3-5-7-14/h3-7,10-13,15,18H,2,8-9H2,1H3,(H,21,22). The van der Waals surface area contributed by atoms with E-state index in [0.717, 1.165) is 18.4 Å². The summed E-state index contributed by atoms with van der Waals surface area (Å²) in [4.78, 5) is 24.4. The maximum atomic E-state index is 12.7. The van der Waals surface area contributed by atoms with Crippen LogP contribution >= 0.6 is 0 Å². The molecule has 4 heteroatoms. The number of carbonyl (C=O) groups excluding carboxylic acids is 2. The van der Waals surface area contributed by atoms with Crippen molar-refractivity contribution in [3.63, 3.8) is 0 Å². The molecule has 1 fully saturated rings. The molecule has 2 aromatic rings. The topological polar surface area (TPSA) is 55.4 Å². The van der Waals surface area contributed by atoms with E-state index in [1.165, 1.54) is 0 Å². The molecule has 0 radical (unpaired) electrons. The number of benzene rings is 2. The Bertz CT molecular complexity index is 705. The van der Waals surface area contributed by atoms with E-state index >= 15 is 0 Å². The number of hydrogen-bond donors (Lipinski definition) is 1. The van der Waals surface area contributed by atoms with Crippen LogP contribution in [0.4, 0.5) is 5.69 Å². The van der Waals surface area contributed by atoms with Gasteiger partial charge in [-0.15, -0.1) is 0 Å². The Morgan fingerprint density at radius 3 is 2.33 bits per heavy atom. The molecule has 1 amide bonds. The zero-order chi connectivity index (χ0) is 16.9. The van der Waals surface area contributed by atoms with E-state index in [9.17, 15) is 9.59 Å². The van der Waals surface area contributed by atoms with E-state index in [1.54, 1.807) is 31.2 Å². The number of nitrogens with one attached hydrogen (secondary N) is 1. The number of carbonyl (C=O) groups is 2. The lowest BCUT2D eigenvalue weighted by molar-refractivity contribution is -0.118. The SMILES string of the molecule is CCOC(=O)c1ccc(NC(=O)C(c2ccccc2)C2CC2)cc1. The second-order valence-electron chi connectivity index (χ2n) is 6.01. The Hall–Kier alpha value is -2.62. The highest BCUT2D eigenvalue weighted by Gasteiger charge is 2.37. The second kappa shape index (κ2) is 7.30. The van der Waals surface area contributed by atoms with Crippen molar-refractivity contribution in [2.45, 2.75) is 25.7 Å². The number of ether oxygens (including phenoxy) is 1. The van der Waals surface area contributed by atoms with E-state index in [1.807, 2.05) is 30.3 Å². The van der Waals surface area contributed by atoms with Gasteiger partial charge in [0.1, 0.15) is 0 Å². The summed E-state index contributed by atoms with van der Waals surface area (Å²) >= 11 is 0. The lowest BCUT2D eigenvalue weighted by Crippen LogP contribution is -2.22. The molecule has 0 spiro atoms. The predicted molar refractivity (Wildman–Crippen MR) is 92.9 cm³/mol. The molecule has 124 valence electrons. The molecule has 0 aliphatic heterocycles. The summed E-state index contributed by atoms with van der Waals surface area (Å²) in [7, 11) is 0. The van der Waals surface area contributed by atoms with Gasteiger partial charge in [0, 0.05) is 5.69 Å². The van der Waals surface area contributed by atoms with Crippen molar-refractivity contribution in [1.29, 1.82) is 0 Å². The van der Waals surface area contributed by atoms with Gasteiger partial charge in [0.25, 0.3) is 0 Å². The Morgan fingerprint density at radius 1 is 1.08 bits per heavy atom. The van der Waals surface area contributed by atoms with E-state index in [4.69, 9.17) is 4.74 Å². The molecule has 0 aromatic heterocycles. The Labute approximate surface area is 141 Å². The average molecular weight is 323 g/mol. The van der Waals surface area contributed by atoms with Crippen LogP contribution in [-0.4, -0.2) is 18.5 Å².